The summed E-state index contributed by atoms with van der Waals surface area (Å²) in [4.78, 5) is 4.27. The Hall–Kier alpha value is -3.27. The molecule has 0 aliphatic heterocycles. The topological polar surface area (TPSA) is 42.7 Å². The van der Waals surface area contributed by atoms with Crippen molar-refractivity contribution < 1.29 is 26.3 Å². The Kier molecular flexibility index (Phi) is 5.28. The molecular formula is C21H13ClF6N4. The Morgan fingerprint density at radius 2 is 1.50 bits per heavy atom. The second-order valence-corrected chi connectivity index (χ2v) is 7.25. The number of pyridine rings is 1. The zero-order chi connectivity index (χ0) is 23.3. The summed E-state index contributed by atoms with van der Waals surface area (Å²) in [7, 11) is 1.39. The molecule has 0 fully saturated rings. The summed E-state index contributed by atoms with van der Waals surface area (Å²) >= 11 is 5.85. The van der Waals surface area contributed by atoms with Gasteiger partial charge in [-0.15, -0.1) is 5.10 Å². The van der Waals surface area contributed by atoms with Crippen molar-refractivity contribution in [2.45, 2.75) is 12.4 Å². The zero-order valence-electron chi connectivity index (χ0n) is 16.2. The van der Waals surface area contributed by atoms with Crippen LogP contribution in [-0.4, -0.2) is 21.8 Å². The molecule has 0 bridgehead atoms. The van der Waals surface area contributed by atoms with Crippen LogP contribution in [0, 0.1) is 0 Å². The summed E-state index contributed by atoms with van der Waals surface area (Å²) in [5.74, 6) is -0.0535. The lowest BCUT2D eigenvalue weighted by Gasteiger charge is -2.12. The molecule has 0 spiro atoms. The van der Waals surface area contributed by atoms with Gasteiger partial charge in [-0.05, 0) is 42.5 Å². The van der Waals surface area contributed by atoms with Crippen molar-refractivity contribution in [3.05, 3.63) is 70.7 Å². The minimum atomic E-state index is -4.73. The summed E-state index contributed by atoms with van der Waals surface area (Å²) in [6.45, 7) is 0. The Bertz CT molecular complexity index is 1280. The molecule has 0 amide bonds. The molecule has 4 rings (SSSR count). The molecule has 0 radical (unpaired) electrons. The third-order valence-electron chi connectivity index (χ3n) is 4.77. The molecule has 2 aromatic heterocycles. The van der Waals surface area contributed by atoms with Crippen molar-refractivity contribution in [3.8, 4) is 16.9 Å². The highest BCUT2D eigenvalue weighted by atomic mass is 35.5. The first kappa shape index (κ1) is 21.9. The zero-order valence-corrected chi connectivity index (χ0v) is 16.9. The van der Waals surface area contributed by atoms with Crippen LogP contribution in [0.1, 0.15) is 11.1 Å². The van der Waals surface area contributed by atoms with E-state index in [4.69, 9.17) is 11.6 Å². The maximum absolute atomic E-state index is 14.0. The second kappa shape index (κ2) is 7.70. The van der Waals surface area contributed by atoms with Crippen molar-refractivity contribution in [2.24, 2.45) is 0 Å². The Balaban J connectivity index is 1.95. The first-order chi connectivity index (χ1) is 15.0. The Morgan fingerprint density at radius 3 is 2.03 bits per heavy atom. The van der Waals surface area contributed by atoms with Gasteiger partial charge >= 0.3 is 12.4 Å². The molecule has 166 valence electrons. The molecule has 32 heavy (non-hydrogen) atoms. The lowest BCUT2D eigenvalue weighted by atomic mass is 10.1. The van der Waals surface area contributed by atoms with Crippen molar-refractivity contribution >= 4 is 28.5 Å². The minimum absolute atomic E-state index is 0.0289. The Labute approximate surface area is 182 Å². The standard InChI is InChI=1S/C21H13ClF6N4/c1-29-19-17-15(21(26,27)28)10-16(11-2-6-13(22)7-3-11)30-18(17)31-32(19)14-8-4-12(5-9-14)20(23,24)25/h2-10,29H,1H3. The highest BCUT2D eigenvalue weighted by Gasteiger charge is 2.36. The van der Waals surface area contributed by atoms with E-state index < -0.39 is 23.5 Å². The van der Waals surface area contributed by atoms with Crippen LogP contribution in [0.2, 0.25) is 5.02 Å². The van der Waals surface area contributed by atoms with Crippen LogP contribution in [0.25, 0.3) is 28.0 Å². The number of nitrogens with one attached hydrogen (secondary N) is 1. The van der Waals surface area contributed by atoms with Crippen LogP contribution in [-0.2, 0) is 12.4 Å². The quantitative estimate of drug-likeness (QED) is 0.334. The van der Waals surface area contributed by atoms with Crippen LogP contribution in [0.3, 0.4) is 0 Å². The number of fused-ring (bicyclic) bond motifs is 1. The number of alkyl halides is 6. The van der Waals surface area contributed by atoms with Gasteiger partial charge in [-0.25, -0.2) is 9.67 Å². The van der Waals surface area contributed by atoms with Crippen LogP contribution in [0.5, 0.6) is 0 Å². The molecule has 1 N–H and O–H groups in total. The minimum Gasteiger partial charge on any atom is -0.372 e. The molecule has 0 atom stereocenters. The fourth-order valence-electron chi connectivity index (χ4n) is 3.29. The van der Waals surface area contributed by atoms with Crippen molar-refractivity contribution in [2.75, 3.05) is 12.4 Å². The van der Waals surface area contributed by atoms with Crippen LogP contribution in [0.4, 0.5) is 32.2 Å². The number of aromatic nitrogens is 3. The normalized spacial score (nSPS) is 12.4. The predicted octanol–water partition coefficient (Wildman–Crippen LogP) is 6.82. The molecule has 4 nitrogen and oxygen atoms in total. The van der Waals surface area contributed by atoms with E-state index in [0.29, 0.717) is 10.6 Å². The first-order valence-electron chi connectivity index (χ1n) is 9.11. The number of nitrogens with zero attached hydrogens (tertiary/aromatic N) is 3. The van der Waals surface area contributed by atoms with Gasteiger partial charge in [0.2, 0.25) is 0 Å². The summed E-state index contributed by atoms with van der Waals surface area (Å²) in [6.07, 6.45) is -9.28. The van der Waals surface area contributed by atoms with Crippen LogP contribution < -0.4 is 5.32 Å². The number of anilines is 1. The first-order valence-corrected chi connectivity index (χ1v) is 9.49. The van der Waals surface area contributed by atoms with E-state index in [1.165, 1.54) is 31.3 Å². The third kappa shape index (κ3) is 3.97. The molecule has 0 unspecified atom stereocenters. The number of rotatable bonds is 3. The maximum Gasteiger partial charge on any atom is 0.417 e. The fourth-order valence-corrected chi connectivity index (χ4v) is 3.42. The lowest BCUT2D eigenvalue weighted by Crippen LogP contribution is -2.08. The van der Waals surface area contributed by atoms with E-state index in [0.717, 1.165) is 35.0 Å². The van der Waals surface area contributed by atoms with Gasteiger partial charge in [0.15, 0.2) is 5.65 Å². The van der Waals surface area contributed by atoms with Crippen LogP contribution >= 0.6 is 11.6 Å². The maximum atomic E-state index is 14.0. The predicted molar refractivity (Wildman–Crippen MR) is 109 cm³/mol. The summed E-state index contributed by atoms with van der Waals surface area (Å²) in [5, 5.41) is 6.94. The van der Waals surface area contributed by atoms with Gasteiger partial charge in [0, 0.05) is 17.6 Å². The molecule has 0 aliphatic carbocycles. The van der Waals surface area contributed by atoms with Gasteiger partial charge in [0.25, 0.3) is 0 Å². The lowest BCUT2D eigenvalue weighted by molar-refractivity contribution is -0.138. The van der Waals surface area contributed by atoms with Gasteiger partial charge < -0.3 is 5.32 Å². The van der Waals surface area contributed by atoms with Gasteiger partial charge in [0.05, 0.1) is 27.9 Å². The van der Waals surface area contributed by atoms with Gasteiger partial charge in [-0.3, -0.25) is 0 Å². The number of hydrogen-bond donors (Lipinski definition) is 1. The average Bonchev–Trinajstić information content (AvgIpc) is 3.10. The van der Waals surface area contributed by atoms with E-state index in [-0.39, 0.29) is 28.2 Å². The monoisotopic (exact) mass is 470 g/mol. The number of hydrogen-bond acceptors (Lipinski definition) is 3. The van der Waals surface area contributed by atoms with E-state index in [1.54, 1.807) is 0 Å². The molecule has 0 saturated carbocycles. The van der Waals surface area contributed by atoms with Gasteiger partial charge in [0.1, 0.15) is 5.82 Å². The number of benzene rings is 2. The van der Waals surface area contributed by atoms with Crippen molar-refractivity contribution in [1.82, 2.24) is 14.8 Å². The summed E-state index contributed by atoms with van der Waals surface area (Å²) < 4.78 is 81.6. The summed E-state index contributed by atoms with van der Waals surface area (Å²) in [6, 6.07) is 10.9. The molecule has 2 aromatic carbocycles. The fraction of sp³-hybridized carbons (Fsp3) is 0.143. The number of halogens is 7. The second-order valence-electron chi connectivity index (χ2n) is 6.81. The molecule has 0 saturated heterocycles. The highest BCUT2D eigenvalue weighted by molar-refractivity contribution is 6.30. The highest BCUT2D eigenvalue weighted by Crippen LogP contribution is 2.40. The third-order valence-corrected chi connectivity index (χ3v) is 5.02. The van der Waals surface area contributed by atoms with Gasteiger partial charge in [-0.1, -0.05) is 23.7 Å². The molecule has 11 heteroatoms. The Morgan fingerprint density at radius 1 is 0.875 bits per heavy atom. The smallest absolute Gasteiger partial charge is 0.372 e. The largest absolute Gasteiger partial charge is 0.417 e. The van der Waals surface area contributed by atoms with E-state index >= 15 is 0 Å². The molecule has 0 aliphatic rings. The van der Waals surface area contributed by atoms with Crippen molar-refractivity contribution in [1.29, 1.82) is 0 Å². The van der Waals surface area contributed by atoms with Gasteiger partial charge in [-0.2, -0.15) is 26.3 Å². The van der Waals surface area contributed by atoms with E-state index in [1.807, 2.05) is 0 Å². The van der Waals surface area contributed by atoms with E-state index in [2.05, 4.69) is 15.4 Å². The molecular weight excluding hydrogens is 458 g/mol. The summed E-state index contributed by atoms with van der Waals surface area (Å²) in [5.41, 5.74) is -1.51. The average molecular weight is 471 g/mol. The molecule has 4 aromatic rings. The SMILES string of the molecule is CNc1c2c(C(F)(F)F)cc(-c3ccc(Cl)cc3)nc2nn1-c1ccc(C(F)(F)F)cc1. The van der Waals surface area contributed by atoms with Crippen LogP contribution in [0.15, 0.2) is 54.6 Å². The van der Waals surface area contributed by atoms with E-state index in [9.17, 15) is 26.3 Å². The van der Waals surface area contributed by atoms with Crippen molar-refractivity contribution in [3.63, 3.8) is 0 Å². The molecule has 2 heterocycles.